The average Bonchev–Trinajstić information content (AvgIpc) is 2.79. The third kappa shape index (κ3) is 3.16. The molecule has 5 nitrogen and oxygen atoms in total. The van der Waals surface area contributed by atoms with Gasteiger partial charge in [0.15, 0.2) is 0 Å². The van der Waals surface area contributed by atoms with Crippen molar-refractivity contribution in [2.75, 3.05) is 10.6 Å². The van der Waals surface area contributed by atoms with E-state index in [4.69, 9.17) is 27.9 Å². The topological polar surface area (TPSA) is 67.4 Å². The second kappa shape index (κ2) is 5.87. The molecule has 3 rings (SSSR count). The van der Waals surface area contributed by atoms with Crippen LogP contribution in [-0.4, -0.2) is 12.0 Å². The Morgan fingerprint density at radius 3 is 2.41 bits per heavy atom. The molecule has 0 saturated carbocycles. The molecule has 0 aliphatic carbocycles. The Kier molecular flexibility index (Phi) is 3.92. The molecule has 112 valence electrons. The van der Waals surface area contributed by atoms with Gasteiger partial charge in [0.2, 0.25) is 0 Å². The van der Waals surface area contributed by atoms with E-state index < -0.39 is 6.03 Å². The van der Waals surface area contributed by atoms with E-state index in [1.807, 2.05) is 0 Å². The number of carbonyl (C=O) groups is 2. The van der Waals surface area contributed by atoms with Crippen LogP contribution in [0, 0.1) is 0 Å². The van der Waals surface area contributed by atoms with E-state index in [1.165, 1.54) is 0 Å². The third-order valence-electron chi connectivity index (χ3n) is 3.07. The van der Waals surface area contributed by atoms with Gasteiger partial charge in [0, 0.05) is 27.0 Å². The number of fused-ring (bicyclic) bond motifs is 1. The fourth-order valence-corrected chi connectivity index (χ4v) is 2.64. The number of urea groups is 1. The Morgan fingerprint density at radius 2 is 1.68 bits per heavy atom. The Morgan fingerprint density at radius 1 is 1.00 bits per heavy atom. The van der Waals surface area contributed by atoms with Crippen molar-refractivity contribution in [2.24, 2.45) is 0 Å². The van der Waals surface area contributed by atoms with E-state index >= 15 is 0 Å². The highest BCUT2D eigenvalue weighted by Gasteiger charge is 2.21. The first-order valence-electron chi connectivity index (χ1n) is 6.35. The largest absolute Gasteiger partial charge is 0.457 e. The summed E-state index contributed by atoms with van der Waals surface area (Å²) in [5.41, 5.74) is 2.22. The zero-order valence-corrected chi connectivity index (χ0v) is 12.7. The summed E-state index contributed by atoms with van der Waals surface area (Å²) >= 11 is 11.7. The number of carbonyl (C=O) groups excluding carboxylic acids is 2. The lowest BCUT2D eigenvalue weighted by atomic mass is 10.1. The predicted molar refractivity (Wildman–Crippen MR) is 84.7 cm³/mol. The van der Waals surface area contributed by atoms with E-state index in [0.29, 0.717) is 27.0 Å². The molecule has 0 radical (unpaired) electrons. The maximum Gasteiger partial charge on any atom is 0.338 e. The van der Waals surface area contributed by atoms with Crippen LogP contribution < -0.4 is 10.6 Å². The number of anilines is 2. The Balaban J connectivity index is 1.72. The van der Waals surface area contributed by atoms with Crippen molar-refractivity contribution in [3.8, 4) is 0 Å². The molecule has 1 aliphatic rings. The fourth-order valence-electron chi connectivity index (χ4n) is 2.11. The molecule has 2 N–H and O–H groups in total. The SMILES string of the molecule is O=C(Nc1cc(Cl)cc(Cl)c1)Nc1ccc2c(c1)C(=O)OC2. The summed E-state index contributed by atoms with van der Waals surface area (Å²) in [6.07, 6.45) is 0. The summed E-state index contributed by atoms with van der Waals surface area (Å²) in [4.78, 5) is 23.5. The number of esters is 1. The van der Waals surface area contributed by atoms with Crippen molar-refractivity contribution in [1.29, 1.82) is 0 Å². The van der Waals surface area contributed by atoms with Gasteiger partial charge in [0.25, 0.3) is 0 Å². The Labute approximate surface area is 136 Å². The molecule has 0 atom stereocenters. The molecule has 2 amide bonds. The van der Waals surface area contributed by atoms with E-state index in [1.54, 1.807) is 36.4 Å². The van der Waals surface area contributed by atoms with E-state index in [-0.39, 0.29) is 12.6 Å². The van der Waals surface area contributed by atoms with Crippen LogP contribution >= 0.6 is 23.2 Å². The van der Waals surface area contributed by atoms with Crippen molar-refractivity contribution < 1.29 is 14.3 Å². The lowest BCUT2D eigenvalue weighted by molar-refractivity contribution is 0.0535. The molecule has 1 heterocycles. The van der Waals surface area contributed by atoms with Gasteiger partial charge in [-0.2, -0.15) is 0 Å². The average molecular weight is 337 g/mol. The molecular weight excluding hydrogens is 327 g/mol. The maximum absolute atomic E-state index is 12.0. The summed E-state index contributed by atoms with van der Waals surface area (Å²) in [5.74, 6) is -0.388. The van der Waals surface area contributed by atoms with Crippen molar-refractivity contribution in [2.45, 2.75) is 6.61 Å². The highest BCUT2D eigenvalue weighted by molar-refractivity contribution is 6.35. The van der Waals surface area contributed by atoms with Crippen molar-refractivity contribution in [3.05, 3.63) is 57.6 Å². The number of ether oxygens (including phenoxy) is 1. The predicted octanol–water partition coefficient (Wildman–Crippen LogP) is 4.31. The minimum absolute atomic E-state index is 0.266. The minimum atomic E-state index is -0.468. The first-order chi connectivity index (χ1) is 10.5. The van der Waals surface area contributed by atoms with Crippen molar-refractivity contribution >= 4 is 46.6 Å². The maximum atomic E-state index is 12.0. The lowest BCUT2D eigenvalue weighted by Crippen LogP contribution is -2.19. The molecule has 1 aliphatic heterocycles. The highest BCUT2D eigenvalue weighted by atomic mass is 35.5. The van der Waals surface area contributed by atoms with Crippen LogP contribution in [0.2, 0.25) is 10.0 Å². The minimum Gasteiger partial charge on any atom is -0.457 e. The second-order valence-electron chi connectivity index (χ2n) is 4.69. The summed E-state index contributed by atoms with van der Waals surface area (Å²) in [7, 11) is 0. The Hall–Kier alpha value is -2.24. The van der Waals surface area contributed by atoms with Gasteiger partial charge in [0.05, 0.1) is 5.56 Å². The first kappa shape index (κ1) is 14.7. The zero-order chi connectivity index (χ0) is 15.7. The second-order valence-corrected chi connectivity index (χ2v) is 5.56. The molecule has 0 unspecified atom stereocenters. The standard InChI is InChI=1S/C15H10Cl2N2O3/c16-9-3-10(17)5-12(4-9)19-15(21)18-11-2-1-8-7-22-14(20)13(8)6-11/h1-6H,7H2,(H2,18,19,21). The van der Waals surface area contributed by atoms with Gasteiger partial charge in [-0.3, -0.25) is 0 Å². The monoisotopic (exact) mass is 336 g/mol. The van der Waals surface area contributed by atoms with Gasteiger partial charge < -0.3 is 15.4 Å². The number of cyclic esters (lactones) is 1. The molecule has 0 bridgehead atoms. The van der Waals surface area contributed by atoms with Crippen LogP contribution in [-0.2, 0) is 11.3 Å². The quantitative estimate of drug-likeness (QED) is 0.803. The smallest absolute Gasteiger partial charge is 0.338 e. The van der Waals surface area contributed by atoms with Crippen LogP contribution in [0.3, 0.4) is 0 Å². The van der Waals surface area contributed by atoms with Gasteiger partial charge >= 0.3 is 12.0 Å². The fraction of sp³-hybridized carbons (Fsp3) is 0.0667. The van der Waals surface area contributed by atoms with E-state index in [0.717, 1.165) is 5.56 Å². The van der Waals surface area contributed by atoms with Gasteiger partial charge in [-0.25, -0.2) is 9.59 Å². The van der Waals surface area contributed by atoms with Gasteiger partial charge in [-0.1, -0.05) is 29.3 Å². The van der Waals surface area contributed by atoms with Gasteiger partial charge in [0.1, 0.15) is 6.61 Å². The summed E-state index contributed by atoms with van der Waals surface area (Å²) in [6, 6.07) is 9.27. The molecule has 0 saturated heterocycles. The third-order valence-corrected chi connectivity index (χ3v) is 3.50. The van der Waals surface area contributed by atoms with Gasteiger partial charge in [-0.15, -0.1) is 0 Å². The molecule has 0 spiro atoms. The van der Waals surface area contributed by atoms with E-state index in [9.17, 15) is 9.59 Å². The molecule has 22 heavy (non-hydrogen) atoms. The molecule has 0 aromatic heterocycles. The van der Waals surface area contributed by atoms with Crippen LogP contribution in [0.15, 0.2) is 36.4 Å². The lowest BCUT2D eigenvalue weighted by Gasteiger charge is -2.09. The number of hydrogen-bond acceptors (Lipinski definition) is 3. The van der Waals surface area contributed by atoms with Crippen LogP contribution in [0.4, 0.5) is 16.2 Å². The Bertz CT molecular complexity index is 757. The molecule has 7 heteroatoms. The van der Waals surface area contributed by atoms with Crippen LogP contribution in [0.5, 0.6) is 0 Å². The first-order valence-corrected chi connectivity index (χ1v) is 7.11. The summed E-state index contributed by atoms with van der Waals surface area (Å²) in [5, 5.41) is 6.09. The molecule has 0 fully saturated rings. The number of hydrogen-bond donors (Lipinski definition) is 2. The number of nitrogens with one attached hydrogen (secondary N) is 2. The van der Waals surface area contributed by atoms with Crippen molar-refractivity contribution in [3.63, 3.8) is 0 Å². The normalized spacial score (nSPS) is 12.5. The van der Waals surface area contributed by atoms with Crippen molar-refractivity contribution in [1.82, 2.24) is 0 Å². The number of halogens is 2. The van der Waals surface area contributed by atoms with E-state index in [2.05, 4.69) is 10.6 Å². The number of rotatable bonds is 2. The highest BCUT2D eigenvalue weighted by Crippen LogP contribution is 2.24. The molecule has 2 aromatic carbocycles. The van der Waals surface area contributed by atoms with Gasteiger partial charge in [-0.05, 0) is 30.3 Å². The number of amides is 2. The zero-order valence-electron chi connectivity index (χ0n) is 11.2. The molecule has 2 aromatic rings. The summed E-state index contributed by atoms with van der Waals surface area (Å²) < 4.78 is 4.91. The van der Waals surface area contributed by atoms with Crippen LogP contribution in [0.25, 0.3) is 0 Å². The summed E-state index contributed by atoms with van der Waals surface area (Å²) in [6.45, 7) is 0.266. The van der Waals surface area contributed by atoms with Crippen LogP contribution in [0.1, 0.15) is 15.9 Å². The number of benzene rings is 2. The molecular formula is C15H10Cl2N2O3.